The Kier molecular flexibility index (Phi) is 11.1. The maximum Gasteiger partial charge on any atom is 0.310 e. The first-order chi connectivity index (χ1) is 12.2. The van der Waals surface area contributed by atoms with E-state index in [1.807, 2.05) is 25.1 Å². The van der Waals surface area contributed by atoms with Crippen LogP contribution in [0.1, 0.15) is 26.2 Å². The molecular weight excluding hydrogens is 443 g/mol. The lowest BCUT2D eigenvalue weighted by Crippen LogP contribution is -2.48. The molecule has 0 amide bonds. The van der Waals surface area contributed by atoms with Crippen LogP contribution in [0.15, 0.2) is 35.3 Å². The number of hydrogen-bond acceptors (Lipinski definition) is 4. The van der Waals surface area contributed by atoms with Gasteiger partial charge in [-0.3, -0.25) is 9.79 Å². The fourth-order valence-corrected chi connectivity index (χ4v) is 3.03. The summed E-state index contributed by atoms with van der Waals surface area (Å²) >= 11 is 0. The van der Waals surface area contributed by atoms with Gasteiger partial charge in [-0.05, 0) is 38.3 Å². The minimum absolute atomic E-state index is 0. The van der Waals surface area contributed by atoms with Crippen LogP contribution in [0.2, 0.25) is 0 Å². The topological polar surface area (TPSA) is 66.0 Å². The molecule has 1 heterocycles. The van der Waals surface area contributed by atoms with Crippen molar-refractivity contribution in [2.24, 2.45) is 10.9 Å². The molecule has 2 rings (SSSR count). The van der Waals surface area contributed by atoms with Gasteiger partial charge in [-0.1, -0.05) is 18.2 Å². The van der Waals surface area contributed by atoms with Crippen LogP contribution in [0.3, 0.4) is 0 Å². The van der Waals surface area contributed by atoms with Gasteiger partial charge >= 0.3 is 5.97 Å². The molecule has 1 aromatic rings. The molecule has 0 radical (unpaired) electrons. The van der Waals surface area contributed by atoms with Gasteiger partial charge in [-0.25, -0.2) is 0 Å². The fourth-order valence-electron chi connectivity index (χ4n) is 3.03. The zero-order valence-electron chi connectivity index (χ0n) is 15.7. The molecule has 1 unspecified atom stereocenters. The third-order valence-corrected chi connectivity index (χ3v) is 4.29. The Labute approximate surface area is 173 Å². The smallest absolute Gasteiger partial charge is 0.310 e. The van der Waals surface area contributed by atoms with Gasteiger partial charge in [0.2, 0.25) is 0 Å². The molecule has 0 saturated carbocycles. The standard InChI is InChI=1S/C19H30N4O2.HI/c1-3-25-18(24)16-9-7-14-23(15-16)19(20-2)22-13-8-12-21-17-10-5-4-6-11-17;/h4-6,10-11,16,21H,3,7-9,12-15H2,1-2H3,(H,20,22);1H. The monoisotopic (exact) mass is 474 g/mol. The van der Waals surface area contributed by atoms with Gasteiger partial charge in [0.25, 0.3) is 0 Å². The second-order valence-electron chi connectivity index (χ2n) is 6.16. The van der Waals surface area contributed by atoms with E-state index in [-0.39, 0.29) is 35.9 Å². The number of benzene rings is 1. The summed E-state index contributed by atoms with van der Waals surface area (Å²) in [7, 11) is 1.79. The zero-order chi connectivity index (χ0) is 17.9. The summed E-state index contributed by atoms with van der Waals surface area (Å²) in [4.78, 5) is 18.5. The summed E-state index contributed by atoms with van der Waals surface area (Å²) in [6.07, 6.45) is 2.87. The Morgan fingerprint density at radius 2 is 2.08 bits per heavy atom. The number of piperidine rings is 1. The third kappa shape index (κ3) is 7.39. The van der Waals surface area contributed by atoms with E-state index < -0.39 is 0 Å². The highest BCUT2D eigenvalue weighted by molar-refractivity contribution is 14.0. The Bertz CT molecular complexity index is 554. The van der Waals surface area contributed by atoms with Gasteiger partial charge in [0.05, 0.1) is 12.5 Å². The fraction of sp³-hybridized carbons (Fsp3) is 0.579. The Morgan fingerprint density at radius 1 is 1.31 bits per heavy atom. The summed E-state index contributed by atoms with van der Waals surface area (Å²) < 4.78 is 5.16. The molecule has 0 spiro atoms. The van der Waals surface area contributed by atoms with Crippen molar-refractivity contribution in [1.29, 1.82) is 0 Å². The van der Waals surface area contributed by atoms with E-state index in [0.29, 0.717) is 13.2 Å². The van der Waals surface area contributed by atoms with Crippen LogP contribution in [0, 0.1) is 5.92 Å². The van der Waals surface area contributed by atoms with Crippen molar-refractivity contribution in [2.45, 2.75) is 26.2 Å². The van der Waals surface area contributed by atoms with E-state index in [1.165, 1.54) is 0 Å². The molecule has 1 atom stereocenters. The highest BCUT2D eigenvalue weighted by Crippen LogP contribution is 2.18. The van der Waals surface area contributed by atoms with Crippen LogP contribution in [-0.4, -0.2) is 56.7 Å². The predicted octanol–water partition coefficient (Wildman–Crippen LogP) is 2.96. The summed E-state index contributed by atoms with van der Waals surface area (Å²) in [6.45, 7) is 5.64. The van der Waals surface area contributed by atoms with Gasteiger partial charge in [0.1, 0.15) is 0 Å². The number of guanidine groups is 1. The minimum Gasteiger partial charge on any atom is -0.466 e. The van der Waals surface area contributed by atoms with Crippen LogP contribution in [0.5, 0.6) is 0 Å². The van der Waals surface area contributed by atoms with Crippen molar-refractivity contribution in [3.63, 3.8) is 0 Å². The first-order valence-corrected chi connectivity index (χ1v) is 9.15. The molecule has 1 saturated heterocycles. The van der Waals surface area contributed by atoms with E-state index in [9.17, 15) is 4.79 Å². The number of nitrogens with one attached hydrogen (secondary N) is 2. The molecule has 1 aromatic carbocycles. The van der Waals surface area contributed by atoms with Gasteiger partial charge in [0, 0.05) is 38.9 Å². The SMILES string of the molecule is CCOC(=O)C1CCCN(C(=NC)NCCCNc2ccccc2)C1.I. The molecular formula is C19H31IN4O2. The van der Waals surface area contributed by atoms with Crippen molar-refractivity contribution in [2.75, 3.05) is 45.2 Å². The number of halogens is 1. The van der Waals surface area contributed by atoms with E-state index in [1.54, 1.807) is 7.05 Å². The number of hydrogen-bond donors (Lipinski definition) is 2. The zero-order valence-corrected chi connectivity index (χ0v) is 18.1. The lowest BCUT2D eigenvalue weighted by molar-refractivity contribution is -0.149. The van der Waals surface area contributed by atoms with Crippen LogP contribution in [0.25, 0.3) is 0 Å². The number of esters is 1. The number of ether oxygens (including phenoxy) is 1. The molecule has 2 N–H and O–H groups in total. The van der Waals surface area contributed by atoms with Crippen LogP contribution in [0.4, 0.5) is 5.69 Å². The molecule has 26 heavy (non-hydrogen) atoms. The molecule has 6 nitrogen and oxygen atoms in total. The van der Waals surface area contributed by atoms with Gasteiger partial charge in [-0.15, -0.1) is 24.0 Å². The Balaban J connectivity index is 0.00000338. The average molecular weight is 474 g/mol. The van der Waals surface area contributed by atoms with Gasteiger partial charge in [-0.2, -0.15) is 0 Å². The average Bonchev–Trinajstić information content (AvgIpc) is 2.66. The first-order valence-electron chi connectivity index (χ1n) is 9.15. The molecule has 0 aromatic heterocycles. The number of carbonyl (C=O) groups is 1. The summed E-state index contributed by atoms with van der Waals surface area (Å²) in [6, 6.07) is 10.2. The molecule has 1 aliphatic heterocycles. The van der Waals surface area contributed by atoms with Crippen LogP contribution >= 0.6 is 24.0 Å². The van der Waals surface area contributed by atoms with Crippen molar-refractivity contribution in [3.8, 4) is 0 Å². The maximum absolute atomic E-state index is 12.0. The highest BCUT2D eigenvalue weighted by Gasteiger charge is 2.28. The normalized spacial score (nSPS) is 17.2. The maximum atomic E-state index is 12.0. The highest BCUT2D eigenvalue weighted by atomic mass is 127. The summed E-state index contributed by atoms with van der Waals surface area (Å²) in [5, 5.41) is 6.80. The summed E-state index contributed by atoms with van der Waals surface area (Å²) in [5.41, 5.74) is 1.14. The largest absolute Gasteiger partial charge is 0.466 e. The first kappa shape index (κ1) is 22.5. The van der Waals surface area contributed by atoms with Crippen LogP contribution < -0.4 is 10.6 Å². The number of anilines is 1. The second kappa shape index (κ2) is 12.8. The van der Waals surface area contributed by atoms with Crippen molar-refractivity contribution in [1.82, 2.24) is 10.2 Å². The third-order valence-electron chi connectivity index (χ3n) is 4.29. The molecule has 0 bridgehead atoms. The molecule has 146 valence electrons. The van der Waals surface area contributed by atoms with Crippen molar-refractivity contribution in [3.05, 3.63) is 30.3 Å². The Morgan fingerprint density at radius 3 is 2.77 bits per heavy atom. The number of carbonyl (C=O) groups excluding carboxylic acids is 1. The molecule has 0 aliphatic carbocycles. The lowest BCUT2D eigenvalue weighted by atomic mass is 9.98. The van der Waals surface area contributed by atoms with E-state index in [0.717, 1.165) is 50.5 Å². The molecule has 1 aliphatic rings. The predicted molar refractivity (Wildman–Crippen MR) is 117 cm³/mol. The molecule has 1 fully saturated rings. The quantitative estimate of drug-likeness (QED) is 0.209. The minimum atomic E-state index is -0.0882. The Hall–Kier alpha value is -1.51. The number of likely N-dealkylation sites (tertiary alicyclic amines) is 1. The van der Waals surface area contributed by atoms with E-state index in [2.05, 4.69) is 32.7 Å². The van der Waals surface area contributed by atoms with E-state index >= 15 is 0 Å². The van der Waals surface area contributed by atoms with E-state index in [4.69, 9.17) is 4.74 Å². The lowest BCUT2D eigenvalue weighted by Gasteiger charge is -2.34. The number of para-hydroxylation sites is 1. The summed E-state index contributed by atoms with van der Waals surface area (Å²) in [5.74, 6) is 0.732. The van der Waals surface area contributed by atoms with Gasteiger partial charge < -0.3 is 20.3 Å². The van der Waals surface area contributed by atoms with Crippen molar-refractivity contribution >= 4 is 41.6 Å². The molecule has 7 heteroatoms. The van der Waals surface area contributed by atoms with Crippen molar-refractivity contribution < 1.29 is 9.53 Å². The number of rotatable bonds is 7. The van der Waals surface area contributed by atoms with Crippen LogP contribution in [-0.2, 0) is 9.53 Å². The number of aliphatic imine (C=N–C) groups is 1. The number of nitrogens with zero attached hydrogens (tertiary/aromatic N) is 2. The second-order valence-corrected chi connectivity index (χ2v) is 6.16. The van der Waals surface area contributed by atoms with Gasteiger partial charge in [0.15, 0.2) is 5.96 Å².